The maximum atomic E-state index is 13.5. The average molecular weight is 605 g/mol. The van der Waals surface area contributed by atoms with Crippen LogP contribution in [0.5, 0.6) is 0 Å². The molecule has 0 saturated carbocycles. The summed E-state index contributed by atoms with van der Waals surface area (Å²) in [5.74, 6) is -1.69. The molecule has 12 heteroatoms. The van der Waals surface area contributed by atoms with Crippen LogP contribution in [0.15, 0.2) is 88.4 Å². The molecule has 0 unspecified atom stereocenters. The van der Waals surface area contributed by atoms with Crippen LogP contribution in [0.3, 0.4) is 0 Å². The van der Waals surface area contributed by atoms with E-state index in [-0.39, 0.29) is 10.6 Å². The van der Waals surface area contributed by atoms with Crippen LogP contribution in [0, 0.1) is 11.6 Å². The van der Waals surface area contributed by atoms with E-state index in [1.54, 1.807) is 41.0 Å². The van der Waals surface area contributed by atoms with Crippen LogP contribution in [0.4, 0.5) is 20.3 Å². The van der Waals surface area contributed by atoms with Crippen molar-refractivity contribution in [2.24, 2.45) is 0 Å². The van der Waals surface area contributed by atoms with Gasteiger partial charge in [-0.2, -0.15) is 9.61 Å². The Morgan fingerprint density at radius 3 is 2.46 bits per heavy atom. The summed E-state index contributed by atoms with van der Waals surface area (Å²) in [6.07, 6.45) is 1.65. The van der Waals surface area contributed by atoms with Crippen LogP contribution in [0.1, 0.15) is 5.56 Å². The first kappa shape index (κ1) is 25.1. The lowest BCUT2D eigenvalue weighted by Crippen LogP contribution is -2.13. The number of hydrogen-bond acceptors (Lipinski definition) is 5. The molecular formula is C25H17BrClF2N5O2S. The van der Waals surface area contributed by atoms with Gasteiger partial charge < -0.3 is 5.32 Å². The number of aromatic nitrogens is 3. The highest BCUT2D eigenvalue weighted by Crippen LogP contribution is 2.30. The Morgan fingerprint density at radius 1 is 0.973 bits per heavy atom. The number of hydrogen-bond donors (Lipinski definition) is 2. The summed E-state index contributed by atoms with van der Waals surface area (Å²) in [6.45, 7) is 0.398. The molecule has 3 aromatic carbocycles. The Labute approximate surface area is 224 Å². The molecule has 0 amide bonds. The highest BCUT2D eigenvalue weighted by molar-refractivity contribution is 9.10. The Hall–Kier alpha value is -3.54. The number of halogens is 4. The van der Waals surface area contributed by atoms with Gasteiger partial charge in [0.1, 0.15) is 5.82 Å². The van der Waals surface area contributed by atoms with E-state index in [1.807, 2.05) is 24.3 Å². The summed E-state index contributed by atoms with van der Waals surface area (Å²) < 4.78 is 56.4. The number of nitrogens with zero attached hydrogens (tertiary/aromatic N) is 3. The summed E-state index contributed by atoms with van der Waals surface area (Å²) in [4.78, 5) is 4.31. The summed E-state index contributed by atoms with van der Waals surface area (Å²) in [5.41, 5.74) is 3.19. The van der Waals surface area contributed by atoms with Crippen molar-refractivity contribution < 1.29 is 17.2 Å². The summed E-state index contributed by atoms with van der Waals surface area (Å²) in [6, 6.07) is 18.3. The standard InChI is InChI=1S/C25H17BrClF2N5O2S/c26-19-14-31-34-24(12-23(32-25(19)34)18-3-1-2-4-20(18)27)30-13-15-5-7-16(8-6-15)33-37(35,36)17-9-10-21(28)22(29)11-17/h1-12,14,30,33H,13H2. The molecule has 2 heterocycles. The lowest BCUT2D eigenvalue weighted by atomic mass is 10.1. The van der Waals surface area contributed by atoms with Gasteiger partial charge in [-0.15, -0.1) is 0 Å². The first-order valence-corrected chi connectivity index (χ1v) is 13.5. The largest absolute Gasteiger partial charge is 0.366 e. The molecule has 5 rings (SSSR count). The average Bonchev–Trinajstić information content (AvgIpc) is 3.25. The first-order valence-electron chi connectivity index (χ1n) is 10.8. The van der Waals surface area contributed by atoms with Gasteiger partial charge in [0, 0.05) is 28.9 Å². The Balaban J connectivity index is 1.35. The number of rotatable bonds is 7. The van der Waals surface area contributed by atoms with Crippen LogP contribution in [0.2, 0.25) is 5.02 Å². The van der Waals surface area contributed by atoms with Gasteiger partial charge in [0.2, 0.25) is 0 Å². The topological polar surface area (TPSA) is 88.4 Å². The van der Waals surface area contributed by atoms with Crippen molar-refractivity contribution in [2.75, 3.05) is 10.0 Å². The van der Waals surface area contributed by atoms with Crippen LogP contribution >= 0.6 is 27.5 Å². The van der Waals surface area contributed by atoms with E-state index in [9.17, 15) is 17.2 Å². The van der Waals surface area contributed by atoms with Gasteiger partial charge in [-0.25, -0.2) is 22.2 Å². The quantitative estimate of drug-likeness (QED) is 0.221. The fourth-order valence-corrected chi connectivity index (χ4v) is 5.26. The third-order valence-electron chi connectivity index (χ3n) is 5.46. The molecule has 7 nitrogen and oxygen atoms in total. The zero-order chi connectivity index (χ0) is 26.2. The molecule has 0 fully saturated rings. The normalized spacial score (nSPS) is 11.6. The molecule has 0 bridgehead atoms. The van der Waals surface area contributed by atoms with Crippen LogP contribution in [-0.2, 0) is 16.6 Å². The summed E-state index contributed by atoms with van der Waals surface area (Å²) in [5, 5.41) is 8.27. The molecule has 37 heavy (non-hydrogen) atoms. The number of sulfonamides is 1. The molecular weight excluding hydrogens is 588 g/mol. The second kappa shape index (κ2) is 10.1. The molecule has 0 aliphatic heterocycles. The molecule has 2 aromatic heterocycles. The highest BCUT2D eigenvalue weighted by Gasteiger charge is 2.17. The maximum Gasteiger partial charge on any atom is 0.261 e. The van der Waals surface area contributed by atoms with Gasteiger partial charge in [0.05, 0.1) is 21.3 Å². The Bertz CT molecular complexity index is 1730. The van der Waals surface area contributed by atoms with Crippen LogP contribution in [0.25, 0.3) is 16.9 Å². The molecule has 188 valence electrons. The van der Waals surface area contributed by atoms with E-state index < -0.39 is 21.7 Å². The number of fused-ring (bicyclic) bond motifs is 1. The van der Waals surface area contributed by atoms with E-state index in [0.29, 0.717) is 34.8 Å². The zero-order valence-electron chi connectivity index (χ0n) is 18.8. The van der Waals surface area contributed by atoms with Gasteiger partial charge in [0.25, 0.3) is 10.0 Å². The van der Waals surface area contributed by atoms with Gasteiger partial charge in [-0.3, -0.25) is 4.72 Å². The van der Waals surface area contributed by atoms with E-state index in [0.717, 1.165) is 27.7 Å². The monoisotopic (exact) mass is 603 g/mol. The van der Waals surface area contributed by atoms with Crippen molar-refractivity contribution in [2.45, 2.75) is 11.4 Å². The van der Waals surface area contributed by atoms with Crippen molar-refractivity contribution >= 4 is 54.7 Å². The predicted molar refractivity (Wildman–Crippen MR) is 142 cm³/mol. The molecule has 2 N–H and O–H groups in total. The van der Waals surface area contributed by atoms with E-state index in [4.69, 9.17) is 11.6 Å². The minimum absolute atomic E-state index is 0.275. The first-order chi connectivity index (χ1) is 17.7. The maximum absolute atomic E-state index is 13.5. The summed E-state index contributed by atoms with van der Waals surface area (Å²) >= 11 is 9.86. The Morgan fingerprint density at radius 2 is 1.73 bits per heavy atom. The van der Waals surface area contributed by atoms with E-state index in [2.05, 4.69) is 36.1 Å². The smallest absolute Gasteiger partial charge is 0.261 e. The second-order valence-electron chi connectivity index (χ2n) is 7.97. The van der Waals surface area contributed by atoms with Gasteiger partial charge in [0.15, 0.2) is 17.3 Å². The molecule has 0 radical (unpaired) electrons. The Kier molecular flexibility index (Phi) is 6.84. The lowest BCUT2D eigenvalue weighted by molar-refractivity contribution is 0.504. The number of anilines is 2. The van der Waals surface area contributed by atoms with E-state index in [1.165, 1.54) is 0 Å². The molecule has 0 saturated heterocycles. The zero-order valence-corrected chi connectivity index (χ0v) is 21.9. The van der Waals surface area contributed by atoms with Crippen molar-refractivity contribution in [3.63, 3.8) is 0 Å². The molecule has 5 aromatic rings. The fraction of sp³-hybridized carbons (Fsp3) is 0.0400. The molecule has 0 spiro atoms. The van der Waals surface area contributed by atoms with Crippen molar-refractivity contribution in [1.82, 2.24) is 14.6 Å². The fourth-order valence-electron chi connectivity index (χ4n) is 3.61. The SMILES string of the molecule is O=S(=O)(Nc1ccc(CNc2cc(-c3ccccc3Cl)nc3c(Br)cnn23)cc1)c1ccc(F)c(F)c1. The van der Waals surface area contributed by atoms with E-state index >= 15 is 0 Å². The lowest BCUT2D eigenvalue weighted by Gasteiger charge is -2.12. The third-order valence-corrected chi connectivity index (χ3v) is 7.73. The minimum atomic E-state index is -4.08. The van der Waals surface area contributed by atoms with Crippen molar-refractivity contribution in [1.29, 1.82) is 0 Å². The molecule has 0 atom stereocenters. The van der Waals surface area contributed by atoms with Crippen LogP contribution < -0.4 is 10.0 Å². The predicted octanol–water partition coefficient (Wildman–Crippen LogP) is 6.50. The van der Waals surface area contributed by atoms with Gasteiger partial charge in [-0.1, -0.05) is 41.9 Å². The minimum Gasteiger partial charge on any atom is -0.366 e. The van der Waals surface area contributed by atoms with Gasteiger partial charge in [-0.05, 0) is 57.9 Å². The van der Waals surface area contributed by atoms with Crippen molar-refractivity contribution in [3.05, 3.63) is 106 Å². The summed E-state index contributed by atoms with van der Waals surface area (Å²) in [7, 11) is -4.08. The molecule has 0 aliphatic carbocycles. The second-order valence-corrected chi connectivity index (χ2v) is 10.9. The third kappa shape index (κ3) is 5.29. The van der Waals surface area contributed by atoms with Crippen molar-refractivity contribution in [3.8, 4) is 11.3 Å². The van der Waals surface area contributed by atoms with Crippen LogP contribution in [-0.4, -0.2) is 23.0 Å². The number of nitrogens with one attached hydrogen (secondary N) is 2. The molecule has 0 aliphatic rings. The van der Waals surface area contributed by atoms with Gasteiger partial charge >= 0.3 is 0 Å². The highest BCUT2D eigenvalue weighted by atomic mass is 79.9. The number of benzene rings is 3.